The van der Waals surface area contributed by atoms with Gasteiger partial charge in [-0.1, -0.05) is 13.0 Å². The molecule has 4 rings (SSSR count). The molecule has 224 valence electrons. The van der Waals surface area contributed by atoms with E-state index in [-0.39, 0.29) is 43.6 Å². The average Bonchev–Trinajstić information content (AvgIpc) is 3.45. The first-order valence-electron chi connectivity index (χ1n) is 13.6. The van der Waals surface area contributed by atoms with Crippen molar-refractivity contribution in [3.8, 4) is 11.5 Å². The van der Waals surface area contributed by atoms with Gasteiger partial charge in [0.15, 0.2) is 0 Å². The summed E-state index contributed by atoms with van der Waals surface area (Å²) in [4.78, 5) is 28.6. The number of anilines is 1. The summed E-state index contributed by atoms with van der Waals surface area (Å²) in [5.74, 6) is 0.255. The summed E-state index contributed by atoms with van der Waals surface area (Å²) in [5, 5.41) is 25.6. The van der Waals surface area contributed by atoms with Gasteiger partial charge in [0.1, 0.15) is 17.3 Å². The van der Waals surface area contributed by atoms with Crippen LogP contribution in [-0.2, 0) is 16.8 Å². The van der Waals surface area contributed by atoms with Crippen LogP contribution in [0.3, 0.4) is 0 Å². The quantitative estimate of drug-likeness (QED) is 0.233. The molecule has 2 heterocycles. The van der Waals surface area contributed by atoms with Gasteiger partial charge in [0.2, 0.25) is 6.41 Å². The van der Waals surface area contributed by atoms with Crippen LogP contribution in [0.15, 0.2) is 55.0 Å². The molecule has 0 fully saturated rings. The van der Waals surface area contributed by atoms with Gasteiger partial charge < -0.3 is 25.2 Å². The molecule has 10 nitrogen and oxygen atoms in total. The lowest BCUT2D eigenvalue weighted by molar-refractivity contribution is -0.105. The van der Waals surface area contributed by atoms with Gasteiger partial charge in [-0.05, 0) is 70.0 Å². The van der Waals surface area contributed by atoms with Crippen LogP contribution in [0.5, 0.6) is 11.5 Å². The highest BCUT2D eigenvalue weighted by molar-refractivity contribution is 5.99. The second-order valence-corrected chi connectivity index (χ2v) is 10.5. The monoisotopic (exact) mass is 579 g/mol. The van der Waals surface area contributed by atoms with Gasteiger partial charge >= 0.3 is 0 Å². The number of aliphatic hydroxyl groups is 2. The van der Waals surface area contributed by atoms with Crippen molar-refractivity contribution < 1.29 is 28.9 Å². The van der Waals surface area contributed by atoms with E-state index in [2.05, 4.69) is 15.4 Å². The normalized spacial score (nSPS) is 11.0. The Hall–Kier alpha value is -4.35. The first-order valence-corrected chi connectivity index (χ1v) is 13.6. The zero-order chi connectivity index (χ0) is 30.9. The van der Waals surface area contributed by atoms with E-state index in [1.165, 1.54) is 4.90 Å². The van der Waals surface area contributed by atoms with Crippen molar-refractivity contribution in [1.82, 2.24) is 19.7 Å². The van der Waals surface area contributed by atoms with E-state index in [4.69, 9.17) is 4.74 Å². The fourth-order valence-electron chi connectivity index (χ4n) is 4.14. The van der Waals surface area contributed by atoms with Gasteiger partial charge in [0, 0.05) is 42.0 Å². The highest BCUT2D eigenvalue weighted by Crippen LogP contribution is 2.33. The molecule has 2 amide bonds. The Morgan fingerprint density at radius 2 is 1.83 bits per heavy atom. The zero-order valence-corrected chi connectivity index (χ0v) is 24.6. The van der Waals surface area contributed by atoms with E-state index in [1.807, 2.05) is 27.7 Å². The lowest BCUT2D eigenvalue weighted by atomic mass is 10.1. The number of fused-ring (bicyclic) bond motifs is 1. The summed E-state index contributed by atoms with van der Waals surface area (Å²) in [6, 6.07) is 10.1. The number of carbonyl (C=O) groups excluding carboxylic acids is 2. The number of aromatic nitrogens is 3. The van der Waals surface area contributed by atoms with E-state index in [0.29, 0.717) is 51.9 Å². The molecule has 42 heavy (non-hydrogen) atoms. The Labute approximate surface area is 244 Å². The van der Waals surface area contributed by atoms with E-state index in [1.54, 1.807) is 66.6 Å². The molecular weight excluding hydrogens is 541 g/mol. The van der Waals surface area contributed by atoms with E-state index < -0.39 is 0 Å². The van der Waals surface area contributed by atoms with Crippen molar-refractivity contribution in [3.63, 3.8) is 0 Å². The van der Waals surface area contributed by atoms with Crippen LogP contribution in [0.25, 0.3) is 10.9 Å². The average molecular weight is 580 g/mol. The third-order valence-corrected chi connectivity index (χ3v) is 6.49. The Morgan fingerprint density at radius 3 is 2.43 bits per heavy atom. The molecule has 0 aliphatic carbocycles. The van der Waals surface area contributed by atoms with Gasteiger partial charge in [-0.25, -0.2) is 4.39 Å². The Bertz CT molecular complexity index is 1510. The lowest BCUT2D eigenvalue weighted by Crippen LogP contribution is -2.35. The summed E-state index contributed by atoms with van der Waals surface area (Å²) in [6.07, 6.45) is 6.25. The van der Waals surface area contributed by atoms with Gasteiger partial charge in [0.05, 0.1) is 36.2 Å². The molecule has 11 heteroatoms. The predicted octanol–water partition coefficient (Wildman–Crippen LogP) is 4.67. The zero-order valence-electron chi connectivity index (χ0n) is 24.6. The standard InChI is InChI=1S/C23H25FN2O4.C8H13N3O/c1-3-16-5-7-20(15(2)22(16)24)30-21-8-9-25-19-6-4-17(14-18(19)21)23(29)26(10-12-27)11-13-28;1-8(2,3)11-5-7(4-10-11)9-6-12/h4-9,14,27-28H,3,10-13H2,1-2H3;4-6H,1-3H3,(H,9,12). The van der Waals surface area contributed by atoms with Crippen LogP contribution in [0, 0.1) is 12.7 Å². The molecule has 3 N–H and O–H groups in total. The number of nitrogens with zero attached hydrogens (tertiary/aromatic N) is 4. The van der Waals surface area contributed by atoms with Crippen molar-refractivity contribution in [3.05, 3.63) is 77.5 Å². The molecule has 0 aliphatic rings. The predicted molar refractivity (Wildman–Crippen MR) is 159 cm³/mol. The third kappa shape index (κ3) is 7.89. The fraction of sp³-hybridized carbons (Fsp3) is 0.355. The van der Waals surface area contributed by atoms with Crippen molar-refractivity contribution >= 4 is 28.9 Å². The van der Waals surface area contributed by atoms with Crippen LogP contribution in [-0.4, -0.2) is 68.5 Å². The molecule has 2 aromatic carbocycles. The second-order valence-electron chi connectivity index (χ2n) is 10.5. The number of aliphatic hydroxyl groups excluding tert-OH is 2. The van der Waals surface area contributed by atoms with Gasteiger partial charge in [-0.2, -0.15) is 5.10 Å². The summed E-state index contributed by atoms with van der Waals surface area (Å²) in [7, 11) is 0. The van der Waals surface area contributed by atoms with Crippen LogP contribution in [0.4, 0.5) is 10.1 Å². The van der Waals surface area contributed by atoms with Crippen molar-refractivity contribution in [2.75, 3.05) is 31.6 Å². The van der Waals surface area contributed by atoms with E-state index in [9.17, 15) is 24.2 Å². The van der Waals surface area contributed by atoms with Crippen LogP contribution >= 0.6 is 0 Å². The molecule has 4 aromatic rings. The van der Waals surface area contributed by atoms with Crippen molar-refractivity contribution in [1.29, 1.82) is 0 Å². The number of hydrogen-bond donors (Lipinski definition) is 3. The van der Waals surface area contributed by atoms with Crippen molar-refractivity contribution in [2.45, 2.75) is 46.6 Å². The van der Waals surface area contributed by atoms with Crippen LogP contribution < -0.4 is 10.1 Å². The topological polar surface area (TPSA) is 130 Å². The number of benzene rings is 2. The van der Waals surface area contributed by atoms with Crippen LogP contribution in [0.2, 0.25) is 0 Å². The molecule has 0 atom stereocenters. The number of halogens is 1. The highest BCUT2D eigenvalue weighted by Gasteiger charge is 2.18. The Balaban J connectivity index is 0.000000337. The molecule has 0 aliphatic heterocycles. The molecule has 0 spiro atoms. The third-order valence-electron chi connectivity index (χ3n) is 6.49. The number of ether oxygens (including phenoxy) is 1. The minimum Gasteiger partial charge on any atom is -0.456 e. The molecule has 0 radical (unpaired) electrons. The van der Waals surface area contributed by atoms with E-state index >= 15 is 0 Å². The number of carbonyl (C=O) groups is 2. The second kappa shape index (κ2) is 14.5. The Kier molecular flexibility index (Phi) is 11.1. The molecule has 0 bridgehead atoms. The minimum atomic E-state index is -0.315. The van der Waals surface area contributed by atoms with E-state index in [0.717, 1.165) is 5.69 Å². The molecule has 0 saturated heterocycles. The highest BCUT2D eigenvalue weighted by atomic mass is 19.1. The largest absolute Gasteiger partial charge is 0.456 e. The minimum absolute atomic E-state index is 0.0389. The van der Waals surface area contributed by atoms with Gasteiger partial charge in [0.25, 0.3) is 5.91 Å². The van der Waals surface area contributed by atoms with Crippen molar-refractivity contribution in [2.24, 2.45) is 0 Å². The molecule has 0 unspecified atom stereocenters. The number of aryl methyl sites for hydroxylation is 1. The maximum atomic E-state index is 14.5. The van der Waals surface area contributed by atoms with Crippen LogP contribution in [0.1, 0.15) is 49.2 Å². The lowest BCUT2D eigenvalue weighted by Gasteiger charge is -2.21. The molecule has 2 aromatic heterocycles. The maximum Gasteiger partial charge on any atom is 0.254 e. The fourth-order valence-corrected chi connectivity index (χ4v) is 4.14. The first-order chi connectivity index (χ1) is 20.0. The first kappa shape index (κ1) is 32.2. The van der Waals surface area contributed by atoms with Gasteiger partial charge in [-0.15, -0.1) is 0 Å². The Morgan fingerprint density at radius 1 is 1.12 bits per heavy atom. The summed E-state index contributed by atoms with van der Waals surface area (Å²) in [5.41, 5.74) is 2.74. The maximum absolute atomic E-state index is 14.5. The SMILES string of the molecule is CC(C)(C)n1cc(NC=O)cn1.CCc1ccc(Oc2ccnc3ccc(C(=O)N(CCO)CCO)cc23)c(C)c1F. The number of rotatable bonds is 10. The summed E-state index contributed by atoms with van der Waals surface area (Å²) in [6.45, 7) is 9.54. The number of hydrogen-bond acceptors (Lipinski definition) is 7. The summed E-state index contributed by atoms with van der Waals surface area (Å²) >= 11 is 0. The molecular formula is C31H38FN5O5. The number of nitrogens with one attached hydrogen (secondary N) is 1. The number of pyridine rings is 1. The number of amides is 2. The van der Waals surface area contributed by atoms with Gasteiger partial charge in [-0.3, -0.25) is 19.3 Å². The smallest absolute Gasteiger partial charge is 0.254 e. The summed E-state index contributed by atoms with van der Waals surface area (Å²) < 4.78 is 22.3. The molecule has 0 saturated carbocycles.